The Balaban J connectivity index is 3.12. The molecule has 1 rings (SSSR count). The molecule has 0 radical (unpaired) electrons. The van der Waals surface area contributed by atoms with Crippen LogP contribution in [0.25, 0.3) is 0 Å². The molecule has 13 heavy (non-hydrogen) atoms. The van der Waals surface area contributed by atoms with Crippen molar-refractivity contribution in [2.75, 3.05) is 0 Å². The second-order valence-electron chi connectivity index (χ2n) is 2.63. The van der Waals surface area contributed by atoms with Crippen LogP contribution in [0.2, 0.25) is 0 Å². The van der Waals surface area contributed by atoms with Gasteiger partial charge in [-0.3, -0.25) is 10.5 Å². The molecule has 0 saturated carbocycles. The molecule has 0 aliphatic heterocycles. The zero-order valence-electron chi connectivity index (χ0n) is 6.30. The Morgan fingerprint density at radius 1 is 1.62 bits per heavy atom. The molecule has 2 atom stereocenters. The highest BCUT2D eigenvalue weighted by Gasteiger charge is 2.46. The van der Waals surface area contributed by atoms with Crippen LogP contribution in [0, 0.1) is 5.92 Å². The molecule has 3 N–H and O–H groups in total. The Bertz CT molecular complexity index is 309. The number of rotatable bonds is 1. The van der Waals surface area contributed by atoms with Crippen molar-refractivity contribution in [1.29, 1.82) is 0 Å². The van der Waals surface area contributed by atoms with E-state index in [9.17, 15) is 18.0 Å². The molecular formula is C7H6F3NO2. The van der Waals surface area contributed by atoms with Crippen molar-refractivity contribution >= 4 is 5.97 Å². The van der Waals surface area contributed by atoms with Crippen LogP contribution >= 0.6 is 0 Å². The molecule has 0 fully saturated rings. The zero-order valence-corrected chi connectivity index (χ0v) is 6.30. The van der Waals surface area contributed by atoms with Crippen LogP contribution in [0.1, 0.15) is 0 Å². The Morgan fingerprint density at radius 2 is 2.15 bits per heavy atom. The van der Waals surface area contributed by atoms with E-state index in [1.165, 1.54) is 0 Å². The summed E-state index contributed by atoms with van der Waals surface area (Å²) in [5.74, 6) is -9.69. The second-order valence-corrected chi connectivity index (χ2v) is 2.63. The number of aliphatic carboxylic acids is 1. The maximum Gasteiger partial charge on any atom is 0.315 e. The van der Waals surface area contributed by atoms with Crippen molar-refractivity contribution in [2.24, 2.45) is 11.7 Å². The number of nitrogens with two attached hydrogens (primary N) is 1. The van der Waals surface area contributed by atoms with Gasteiger partial charge >= 0.3 is 5.97 Å². The SMILES string of the molecule is NC1(F)C(F)=CC(F)=CC1C(=O)O. The van der Waals surface area contributed by atoms with Crippen LogP contribution in [-0.2, 0) is 4.79 Å². The Hall–Kier alpha value is -1.30. The topological polar surface area (TPSA) is 63.3 Å². The monoisotopic (exact) mass is 193 g/mol. The highest BCUT2D eigenvalue weighted by atomic mass is 19.2. The number of hydrogen-bond donors (Lipinski definition) is 2. The molecule has 0 spiro atoms. The summed E-state index contributed by atoms with van der Waals surface area (Å²) in [4.78, 5) is 10.3. The largest absolute Gasteiger partial charge is 0.481 e. The molecule has 0 aromatic rings. The van der Waals surface area contributed by atoms with Gasteiger partial charge in [0.2, 0.25) is 5.79 Å². The first-order valence-electron chi connectivity index (χ1n) is 3.31. The van der Waals surface area contributed by atoms with Gasteiger partial charge in [-0.05, 0) is 6.08 Å². The van der Waals surface area contributed by atoms with E-state index >= 15 is 0 Å². The first-order valence-corrected chi connectivity index (χ1v) is 3.31. The molecule has 0 saturated heterocycles. The van der Waals surface area contributed by atoms with Gasteiger partial charge in [0.25, 0.3) is 0 Å². The van der Waals surface area contributed by atoms with E-state index in [1.807, 2.05) is 0 Å². The Labute approximate surface area is 71.3 Å². The third-order valence-electron chi connectivity index (χ3n) is 1.68. The van der Waals surface area contributed by atoms with Gasteiger partial charge in [0, 0.05) is 6.08 Å². The fourth-order valence-electron chi connectivity index (χ4n) is 0.960. The lowest BCUT2D eigenvalue weighted by atomic mass is 9.92. The highest BCUT2D eigenvalue weighted by Crippen LogP contribution is 2.33. The van der Waals surface area contributed by atoms with Crippen molar-refractivity contribution < 1.29 is 23.1 Å². The second kappa shape index (κ2) is 2.88. The number of hydrogen-bond acceptors (Lipinski definition) is 2. The van der Waals surface area contributed by atoms with Gasteiger partial charge in [-0.15, -0.1) is 0 Å². The average molecular weight is 193 g/mol. The molecule has 72 valence electrons. The summed E-state index contributed by atoms with van der Waals surface area (Å²) in [6.07, 6.45) is 0.644. The summed E-state index contributed by atoms with van der Waals surface area (Å²) in [6.45, 7) is 0. The van der Waals surface area contributed by atoms with Crippen molar-refractivity contribution in [3.63, 3.8) is 0 Å². The fraction of sp³-hybridized carbons (Fsp3) is 0.286. The third kappa shape index (κ3) is 1.57. The molecule has 0 amide bonds. The lowest BCUT2D eigenvalue weighted by Gasteiger charge is -2.25. The quantitative estimate of drug-likeness (QED) is 0.611. The predicted octanol–water partition coefficient (Wildman–Crippen LogP) is 1.03. The van der Waals surface area contributed by atoms with Crippen molar-refractivity contribution in [1.82, 2.24) is 0 Å². The van der Waals surface area contributed by atoms with E-state index in [-0.39, 0.29) is 6.08 Å². The van der Waals surface area contributed by atoms with Gasteiger partial charge in [0.1, 0.15) is 11.7 Å². The first kappa shape index (κ1) is 9.79. The maximum atomic E-state index is 13.1. The molecule has 1 aliphatic carbocycles. The van der Waals surface area contributed by atoms with Gasteiger partial charge in [-0.2, -0.15) is 0 Å². The highest BCUT2D eigenvalue weighted by molar-refractivity contribution is 5.75. The van der Waals surface area contributed by atoms with Gasteiger partial charge in [0.05, 0.1) is 0 Å². The number of alkyl halides is 1. The van der Waals surface area contributed by atoms with Crippen LogP contribution in [0.15, 0.2) is 23.8 Å². The van der Waals surface area contributed by atoms with Gasteiger partial charge in [-0.25, -0.2) is 13.2 Å². The van der Waals surface area contributed by atoms with Crippen molar-refractivity contribution in [2.45, 2.75) is 5.79 Å². The molecule has 1 aliphatic rings. The standard InChI is InChI=1S/C7H6F3NO2/c8-3-1-4(6(12)13)7(10,11)5(9)2-3/h1-2,4H,11H2,(H,12,13). The summed E-state index contributed by atoms with van der Waals surface area (Å²) < 4.78 is 38.2. The summed E-state index contributed by atoms with van der Waals surface area (Å²) in [5.41, 5.74) is 4.73. The van der Waals surface area contributed by atoms with Gasteiger partial charge < -0.3 is 5.11 Å². The van der Waals surface area contributed by atoms with Crippen LogP contribution in [0.4, 0.5) is 13.2 Å². The molecule has 0 aromatic carbocycles. The van der Waals surface area contributed by atoms with Crippen LogP contribution < -0.4 is 5.73 Å². The first-order chi connectivity index (χ1) is 5.85. The third-order valence-corrected chi connectivity index (χ3v) is 1.68. The normalized spacial score (nSPS) is 33.7. The minimum Gasteiger partial charge on any atom is -0.481 e. The molecule has 0 aromatic heterocycles. The number of halogens is 3. The van der Waals surface area contributed by atoms with E-state index in [0.717, 1.165) is 0 Å². The number of carboxylic acid groups (broad SMARTS) is 1. The van der Waals surface area contributed by atoms with E-state index < -0.39 is 29.3 Å². The molecule has 0 bridgehead atoms. The van der Waals surface area contributed by atoms with Crippen LogP contribution in [0.3, 0.4) is 0 Å². The molecule has 2 unspecified atom stereocenters. The number of allylic oxidation sites excluding steroid dienone is 2. The van der Waals surface area contributed by atoms with Crippen LogP contribution in [-0.4, -0.2) is 16.9 Å². The summed E-state index contributed by atoms with van der Waals surface area (Å²) >= 11 is 0. The summed E-state index contributed by atoms with van der Waals surface area (Å²) in [7, 11) is 0. The van der Waals surface area contributed by atoms with Gasteiger partial charge in [-0.1, -0.05) is 0 Å². The smallest absolute Gasteiger partial charge is 0.315 e. The predicted molar refractivity (Wildman–Crippen MR) is 37.5 cm³/mol. The molecule has 3 nitrogen and oxygen atoms in total. The Morgan fingerprint density at radius 3 is 2.62 bits per heavy atom. The van der Waals surface area contributed by atoms with E-state index in [2.05, 4.69) is 0 Å². The molecular weight excluding hydrogens is 187 g/mol. The number of carboxylic acids is 1. The summed E-state index contributed by atoms with van der Waals surface area (Å²) in [5, 5.41) is 8.38. The van der Waals surface area contributed by atoms with E-state index in [1.54, 1.807) is 0 Å². The zero-order chi connectivity index (χ0) is 10.2. The maximum absolute atomic E-state index is 13.1. The van der Waals surface area contributed by atoms with E-state index in [4.69, 9.17) is 10.8 Å². The van der Waals surface area contributed by atoms with Crippen molar-refractivity contribution in [3.8, 4) is 0 Å². The average Bonchev–Trinajstić information content (AvgIpc) is 1.96. The van der Waals surface area contributed by atoms with Crippen LogP contribution in [0.5, 0.6) is 0 Å². The fourth-order valence-corrected chi connectivity index (χ4v) is 0.960. The summed E-state index contributed by atoms with van der Waals surface area (Å²) in [6, 6.07) is 0. The van der Waals surface area contributed by atoms with E-state index in [0.29, 0.717) is 6.08 Å². The minimum absolute atomic E-state index is 0.222. The van der Waals surface area contributed by atoms with Gasteiger partial charge in [0.15, 0.2) is 5.83 Å². The lowest BCUT2D eigenvalue weighted by molar-refractivity contribution is -0.144. The lowest BCUT2D eigenvalue weighted by Crippen LogP contribution is -2.47. The Kier molecular flexibility index (Phi) is 2.17. The van der Waals surface area contributed by atoms with Crippen molar-refractivity contribution in [3.05, 3.63) is 23.8 Å². The molecule has 6 heteroatoms. The minimum atomic E-state index is -3.17. The molecule has 0 heterocycles. The number of carbonyl (C=O) groups is 1.